The summed E-state index contributed by atoms with van der Waals surface area (Å²) in [7, 11) is 1.71. The van der Waals surface area contributed by atoms with Crippen LogP contribution in [0.5, 0.6) is 0 Å². The summed E-state index contributed by atoms with van der Waals surface area (Å²) in [5.74, 6) is 1.11. The molecule has 0 fully saturated rings. The van der Waals surface area contributed by atoms with Crippen LogP contribution >= 0.6 is 0 Å². The van der Waals surface area contributed by atoms with Gasteiger partial charge in [-0.3, -0.25) is 0 Å². The van der Waals surface area contributed by atoms with Crippen LogP contribution in [-0.4, -0.2) is 50.7 Å². The molecule has 0 spiro atoms. The number of aliphatic hydroxyl groups is 1. The normalized spacial score (nSPS) is 16.1. The van der Waals surface area contributed by atoms with Crippen LogP contribution in [0.15, 0.2) is 0 Å². The van der Waals surface area contributed by atoms with Gasteiger partial charge in [0.2, 0.25) is 0 Å². The van der Waals surface area contributed by atoms with E-state index in [1.165, 1.54) is 19.3 Å². The fraction of sp³-hybridized carbons (Fsp3) is 1.00. The number of ether oxygens (including phenoxy) is 2. The Balaban J connectivity index is 3.80. The van der Waals surface area contributed by atoms with Crippen molar-refractivity contribution < 1.29 is 14.6 Å². The van der Waals surface area contributed by atoms with Crippen LogP contribution in [0.3, 0.4) is 0 Å². The third-order valence-corrected chi connectivity index (χ3v) is 3.97. The van der Waals surface area contributed by atoms with Crippen molar-refractivity contribution in [3.05, 3.63) is 0 Å². The molecule has 4 heteroatoms. The monoisotopic (exact) mass is 303 g/mol. The number of aliphatic hydroxyl groups excluding tert-OH is 1. The van der Waals surface area contributed by atoms with E-state index in [0.717, 1.165) is 13.0 Å². The Hall–Kier alpha value is -0.160. The quantitative estimate of drug-likeness (QED) is 0.518. The first kappa shape index (κ1) is 20.8. The maximum atomic E-state index is 9.98. The number of nitrogens with one attached hydrogen (secondary N) is 1. The molecule has 0 aliphatic carbocycles. The molecule has 21 heavy (non-hydrogen) atoms. The van der Waals surface area contributed by atoms with Crippen molar-refractivity contribution in [2.75, 3.05) is 33.5 Å². The van der Waals surface area contributed by atoms with Crippen LogP contribution in [0.25, 0.3) is 0 Å². The summed E-state index contributed by atoms with van der Waals surface area (Å²) >= 11 is 0. The molecule has 0 aromatic carbocycles. The van der Waals surface area contributed by atoms with E-state index < -0.39 is 6.10 Å². The molecule has 0 aromatic heterocycles. The second-order valence-corrected chi connectivity index (χ2v) is 6.32. The zero-order chi connectivity index (χ0) is 16.1. The molecule has 3 atom stereocenters. The average Bonchev–Trinajstić information content (AvgIpc) is 2.46. The molecule has 3 unspecified atom stereocenters. The zero-order valence-electron chi connectivity index (χ0n) is 14.7. The number of methoxy groups -OCH3 is 1. The van der Waals surface area contributed by atoms with Crippen molar-refractivity contribution in [3.8, 4) is 0 Å². The average molecular weight is 303 g/mol. The highest BCUT2D eigenvalue weighted by atomic mass is 16.5. The maximum absolute atomic E-state index is 9.98. The van der Waals surface area contributed by atoms with Crippen molar-refractivity contribution >= 4 is 0 Å². The lowest BCUT2D eigenvalue weighted by atomic mass is 10.0. The maximum Gasteiger partial charge on any atom is 0.0897 e. The highest BCUT2D eigenvalue weighted by Crippen LogP contribution is 2.12. The third-order valence-electron chi connectivity index (χ3n) is 3.97. The van der Waals surface area contributed by atoms with E-state index in [1.54, 1.807) is 7.11 Å². The second-order valence-electron chi connectivity index (χ2n) is 6.32. The van der Waals surface area contributed by atoms with Gasteiger partial charge in [-0.05, 0) is 18.3 Å². The van der Waals surface area contributed by atoms with E-state index in [1.807, 2.05) is 0 Å². The molecule has 2 N–H and O–H groups in total. The van der Waals surface area contributed by atoms with Crippen LogP contribution in [0, 0.1) is 11.8 Å². The summed E-state index contributed by atoms with van der Waals surface area (Å²) < 4.78 is 10.9. The predicted molar refractivity (Wildman–Crippen MR) is 88.6 cm³/mol. The molecule has 0 aromatic rings. The van der Waals surface area contributed by atoms with Gasteiger partial charge >= 0.3 is 0 Å². The molecule has 0 amide bonds. The Morgan fingerprint density at radius 3 is 2.33 bits per heavy atom. The van der Waals surface area contributed by atoms with E-state index in [-0.39, 0.29) is 6.04 Å². The predicted octanol–water partition coefficient (Wildman–Crippen LogP) is 2.84. The SMILES string of the molecule is CCCCC(CC)COCC(O)CNC(COC)C(C)C. The van der Waals surface area contributed by atoms with Gasteiger partial charge in [-0.2, -0.15) is 0 Å². The van der Waals surface area contributed by atoms with Crippen LogP contribution in [0.4, 0.5) is 0 Å². The van der Waals surface area contributed by atoms with Gasteiger partial charge < -0.3 is 19.9 Å². The summed E-state index contributed by atoms with van der Waals surface area (Å²) in [6.07, 6.45) is 4.42. The summed E-state index contributed by atoms with van der Waals surface area (Å²) in [5, 5.41) is 13.3. The minimum absolute atomic E-state index is 0.276. The van der Waals surface area contributed by atoms with Crippen LogP contribution in [0.1, 0.15) is 53.4 Å². The Morgan fingerprint density at radius 2 is 1.81 bits per heavy atom. The van der Waals surface area contributed by atoms with E-state index in [9.17, 15) is 5.11 Å². The van der Waals surface area contributed by atoms with Gasteiger partial charge in [0.1, 0.15) is 0 Å². The molecule has 0 rings (SSSR count). The van der Waals surface area contributed by atoms with E-state index in [2.05, 4.69) is 33.0 Å². The molecule has 0 saturated heterocycles. The van der Waals surface area contributed by atoms with Gasteiger partial charge in [0.15, 0.2) is 0 Å². The molecule has 0 heterocycles. The van der Waals surface area contributed by atoms with Crippen molar-refractivity contribution in [1.82, 2.24) is 5.32 Å². The zero-order valence-corrected chi connectivity index (χ0v) is 14.7. The first-order valence-corrected chi connectivity index (χ1v) is 8.53. The van der Waals surface area contributed by atoms with Crippen molar-refractivity contribution in [2.24, 2.45) is 11.8 Å². The van der Waals surface area contributed by atoms with Crippen molar-refractivity contribution in [2.45, 2.75) is 65.5 Å². The van der Waals surface area contributed by atoms with Crippen LogP contribution in [0.2, 0.25) is 0 Å². The summed E-state index contributed by atoms with van der Waals surface area (Å²) in [6, 6.07) is 0.276. The second kappa shape index (κ2) is 13.5. The van der Waals surface area contributed by atoms with Crippen LogP contribution in [-0.2, 0) is 9.47 Å². The molecule has 0 bridgehead atoms. The lowest BCUT2D eigenvalue weighted by Gasteiger charge is -2.23. The Bertz CT molecular complexity index is 224. The number of rotatable bonds is 14. The Labute approximate surface area is 131 Å². The molecule has 0 saturated carbocycles. The molecule has 0 radical (unpaired) electrons. The Morgan fingerprint density at radius 1 is 1.10 bits per heavy atom. The summed E-state index contributed by atoms with van der Waals surface area (Å²) in [6.45, 7) is 11.1. The van der Waals surface area contributed by atoms with Gasteiger partial charge in [0.05, 0.1) is 19.3 Å². The van der Waals surface area contributed by atoms with Gasteiger partial charge in [-0.25, -0.2) is 0 Å². The summed E-state index contributed by atoms with van der Waals surface area (Å²) in [4.78, 5) is 0. The molecule has 4 nitrogen and oxygen atoms in total. The van der Waals surface area contributed by atoms with Gasteiger partial charge in [-0.15, -0.1) is 0 Å². The Kier molecular flexibility index (Phi) is 13.4. The minimum atomic E-state index is -0.452. The van der Waals surface area contributed by atoms with Gasteiger partial charge in [0.25, 0.3) is 0 Å². The molecular formula is C17H37NO3. The highest BCUT2D eigenvalue weighted by Gasteiger charge is 2.15. The molecule has 0 aliphatic heterocycles. The highest BCUT2D eigenvalue weighted by molar-refractivity contribution is 4.72. The van der Waals surface area contributed by atoms with E-state index >= 15 is 0 Å². The smallest absolute Gasteiger partial charge is 0.0897 e. The number of hydrogen-bond acceptors (Lipinski definition) is 4. The molecular weight excluding hydrogens is 266 g/mol. The first-order valence-electron chi connectivity index (χ1n) is 8.53. The lowest BCUT2D eigenvalue weighted by Crippen LogP contribution is -2.43. The fourth-order valence-corrected chi connectivity index (χ4v) is 2.28. The number of hydrogen-bond donors (Lipinski definition) is 2. The fourth-order valence-electron chi connectivity index (χ4n) is 2.28. The van der Waals surface area contributed by atoms with E-state index in [0.29, 0.717) is 31.6 Å². The molecule has 0 aliphatic rings. The van der Waals surface area contributed by atoms with Crippen molar-refractivity contribution in [3.63, 3.8) is 0 Å². The van der Waals surface area contributed by atoms with E-state index in [4.69, 9.17) is 9.47 Å². The minimum Gasteiger partial charge on any atom is -0.389 e. The van der Waals surface area contributed by atoms with Gasteiger partial charge in [0, 0.05) is 26.3 Å². The molecule has 128 valence electrons. The van der Waals surface area contributed by atoms with Crippen molar-refractivity contribution in [1.29, 1.82) is 0 Å². The topological polar surface area (TPSA) is 50.7 Å². The van der Waals surface area contributed by atoms with Crippen LogP contribution < -0.4 is 5.32 Å². The largest absolute Gasteiger partial charge is 0.389 e. The third kappa shape index (κ3) is 11.1. The summed E-state index contributed by atoms with van der Waals surface area (Å²) in [5.41, 5.74) is 0. The lowest BCUT2D eigenvalue weighted by molar-refractivity contribution is 0.0159. The standard InChI is InChI=1S/C17H37NO3/c1-6-8-9-15(7-2)11-21-12-16(19)10-18-17(13-20-5)14(3)4/h14-19H,6-13H2,1-5H3. The van der Waals surface area contributed by atoms with Gasteiger partial charge in [-0.1, -0.05) is 47.0 Å². The first-order chi connectivity index (χ1) is 10.0. The number of unbranched alkanes of at least 4 members (excludes halogenated alkanes) is 1.